The van der Waals surface area contributed by atoms with E-state index >= 15 is 0 Å². The number of carboxylic acids is 1. The number of nitrogens with zero attached hydrogens (tertiary/aromatic N) is 1. The Hall–Kier alpha value is -2.67. The number of hydrogen-bond acceptors (Lipinski definition) is 4. The van der Waals surface area contributed by atoms with Crippen LogP contribution in [0, 0.1) is 17.6 Å². The summed E-state index contributed by atoms with van der Waals surface area (Å²) in [6.45, 7) is 6.49. The van der Waals surface area contributed by atoms with Gasteiger partial charge in [0.05, 0.1) is 22.5 Å². The lowest BCUT2D eigenvalue weighted by Gasteiger charge is -2.41. The van der Waals surface area contributed by atoms with Gasteiger partial charge in [-0.2, -0.15) is 0 Å². The Kier molecular flexibility index (Phi) is 6.88. The fraction of sp³-hybridized carbons (Fsp3) is 0.500. The number of rotatable bonds is 8. The highest BCUT2D eigenvalue weighted by atomic mass is 19.1. The molecule has 0 aromatic heterocycles. The monoisotopic (exact) mass is 458 g/mol. The van der Waals surface area contributed by atoms with Gasteiger partial charge in [0.15, 0.2) is 0 Å². The molecule has 0 amide bonds. The van der Waals surface area contributed by atoms with Crippen molar-refractivity contribution in [1.82, 2.24) is 0 Å². The largest absolute Gasteiger partial charge is 0.481 e. The van der Waals surface area contributed by atoms with Crippen LogP contribution in [-0.2, 0) is 14.9 Å². The molecule has 7 heteroatoms. The molecule has 178 valence electrons. The summed E-state index contributed by atoms with van der Waals surface area (Å²) in [5.74, 6) is -1.77. The van der Waals surface area contributed by atoms with Crippen molar-refractivity contribution in [3.8, 4) is 0 Å². The average Bonchev–Trinajstić information content (AvgIpc) is 2.74. The third-order valence-corrected chi connectivity index (χ3v) is 6.87. The van der Waals surface area contributed by atoms with E-state index in [4.69, 9.17) is 4.74 Å². The highest BCUT2D eigenvalue weighted by Crippen LogP contribution is 2.46. The number of nitrogens with one attached hydrogen (secondary N) is 1. The van der Waals surface area contributed by atoms with Crippen molar-refractivity contribution in [3.63, 3.8) is 0 Å². The van der Waals surface area contributed by atoms with Gasteiger partial charge >= 0.3 is 5.97 Å². The maximum Gasteiger partial charge on any atom is 0.314 e. The third kappa shape index (κ3) is 4.83. The summed E-state index contributed by atoms with van der Waals surface area (Å²) in [5.41, 5.74) is 1.49. The highest BCUT2D eigenvalue weighted by molar-refractivity contribution is 5.85. The fourth-order valence-corrected chi connectivity index (χ4v) is 4.91. The molecule has 1 aliphatic carbocycles. The average molecular weight is 459 g/mol. The van der Waals surface area contributed by atoms with Crippen LogP contribution in [0.25, 0.3) is 0 Å². The van der Waals surface area contributed by atoms with Crippen LogP contribution in [-0.4, -0.2) is 36.9 Å². The van der Waals surface area contributed by atoms with Crippen molar-refractivity contribution in [2.45, 2.75) is 57.4 Å². The number of halogens is 2. The maximum absolute atomic E-state index is 14.5. The molecule has 0 bridgehead atoms. The lowest BCUT2D eigenvalue weighted by atomic mass is 9.64. The molecular weight excluding hydrogens is 426 g/mol. The number of aliphatic carboxylic acids is 1. The first-order valence-electron chi connectivity index (χ1n) is 11.7. The van der Waals surface area contributed by atoms with E-state index in [0.717, 1.165) is 37.6 Å². The van der Waals surface area contributed by atoms with E-state index in [2.05, 4.69) is 24.1 Å². The molecule has 2 aromatic rings. The van der Waals surface area contributed by atoms with Crippen LogP contribution in [0.15, 0.2) is 36.4 Å². The number of hydrogen-bond donors (Lipinski definition) is 2. The first kappa shape index (κ1) is 23.5. The minimum Gasteiger partial charge on any atom is -0.481 e. The number of benzene rings is 2. The van der Waals surface area contributed by atoms with Crippen LogP contribution < -0.4 is 10.2 Å². The number of anilines is 3. The van der Waals surface area contributed by atoms with Crippen LogP contribution in [0.4, 0.5) is 25.8 Å². The van der Waals surface area contributed by atoms with Gasteiger partial charge in [-0.25, -0.2) is 8.78 Å². The summed E-state index contributed by atoms with van der Waals surface area (Å²) in [4.78, 5) is 14.5. The second-order valence-electron chi connectivity index (χ2n) is 9.61. The van der Waals surface area contributed by atoms with Gasteiger partial charge in [-0.3, -0.25) is 4.79 Å². The zero-order valence-corrected chi connectivity index (χ0v) is 19.2. The molecule has 0 unspecified atom stereocenters. The molecule has 1 heterocycles. The van der Waals surface area contributed by atoms with E-state index in [1.807, 2.05) is 18.2 Å². The van der Waals surface area contributed by atoms with Gasteiger partial charge < -0.3 is 20.1 Å². The first-order chi connectivity index (χ1) is 15.8. The van der Waals surface area contributed by atoms with Gasteiger partial charge in [-0.1, -0.05) is 26.3 Å². The molecule has 0 radical (unpaired) electrons. The summed E-state index contributed by atoms with van der Waals surface area (Å²) < 4.78 is 33.6. The molecule has 0 spiro atoms. The van der Waals surface area contributed by atoms with E-state index in [0.29, 0.717) is 43.2 Å². The van der Waals surface area contributed by atoms with Crippen LogP contribution >= 0.6 is 0 Å². The molecule has 1 aliphatic heterocycles. The van der Waals surface area contributed by atoms with Crippen LogP contribution in [0.5, 0.6) is 0 Å². The van der Waals surface area contributed by atoms with Crippen molar-refractivity contribution >= 4 is 23.0 Å². The SMILES string of the molecule is CC(C)CN(c1ccc(C2(C(=O)O)CCC2)cc1Nc1ccc(F)cc1F)C1CCOCC1. The predicted molar refractivity (Wildman–Crippen MR) is 125 cm³/mol. The molecule has 2 aromatic carbocycles. The topological polar surface area (TPSA) is 61.8 Å². The van der Waals surface area contributed by atoms with Gasteiger partial charge in [0.25, 0.3) is 0 Å². The van der Waals surface area contributed by atoms with Crippen molar-refractivity contribution in [2.75, 3.05) is 30.0 Å². The summed E-state index contributed by atoms with van der Waals surface area (Å²) in [7, 11) is 0. The normalized spacial score (nSPS) is 18.1. The minimum absolute atomic E-state index is 0.157. The van der Waals surface area contributed by atoms with Gasteiger partial charge in [-0.05, 0) is 61.4 Å². The Balaban J connectivity index is 1.79. The molecule has 0 atom stereocenters. The summed E-state index contributed by atoms with van der Waals surface area (Å²) >= 11 is 0. The van der Waals surface area contributed by atoms with Crippen LogP contribution in [0.1, 0.15) is 51.5 Å². The molecule has 5 nitrogen and oxygen atoms in total. The van der Waals surface area contributed by atoms with Crippen molar-refractivity contribution in [1.29, 1.82) is 0 Å². The predicted octanol–water partition coefficient (Wildman–Crippen LogP) is 5.86. The Morgan fingerprint density at radius 2 is 1.88 bits per heavy atom. The lowest BCUT2D eigenvalue weighted by Crippen LogP contribution is -2.43. The Bertz CT molecular complexity index is 1000. The minimum atomic E-state index is -0.905. The van der Waals surface area contributed by atoms with Gasteiger partial charge in [0.2, 0.25) is 0 Å². The quantitative estimate of drug-likeness (QED) is 0.519. The van der Waals surface area contributed by atoms with Gasteiger partial charge in [0, 0.05) is 31.9 Å². The number of carboxylic acid groups (broad SMARTS) is 1. The van der Waals surface area contributed by atoms with Crippen molar-refractivity contribution in [3.05, 3.63) is 53.6 Å². The third-order valence-electron chi connectivity index (χ3n) is 6.87. The second kappa shape index (κ2) is 9.67. The van der Waals surface area contributed by atoms with E-state index in [1.54, 1.807) is 0 Å². The first-order valence-corrected chi connectivity index (χ1v) is 11.7. The molecule has 2 fully saturated rings. The smallest absolute Gasteiger partial charge is 0.314 e. The Morgan fingerprint density at radius 1 is 1.15 bits per heavy atom. The number of carbonyl (C=O) groups is 1. The highest BCUT2D eigenvalue weighted by Gasteiger charge is 2.46. The van der Waals surface area contributed by atoms with Crippen molar-refractivity contribution in [2.24, 2.45) is 5.92 Å². The molecule has 1 saturated heterocycles. The van der Waals surface area contributed by atoms with Crippen LogP contribution in [0.2, 0.25) is 0 Å². The van der Waals surface area contributed by atoms with E-state index in [9.17, 15) is 18.7 Å². The summed E-state index contributed by atoms with van der Waals surface area (Å²) in [5, 5.41) is 13.1. The summed E-state index contributed by atoms with van der Waals surface area (Å²) in [6.07, 6.45) is 3.81. The fourth-order valence-electron chi connectivity index (χ4n) is 4.91. The molecule has 2 aliphatic rings. The van der Waals surface area contributed by atoms with Gasteiger partial charge in [0.1, 0.15) is 11.6 Å². The molecular formula is C26H32F2N2O3. The summed E-state index contributed by atoms with van der Waals surface area (Å²) in [6, 6.07) is 9.41. The zero-order valence-electron chi connectivity index (χ0n) is 19.2. The Morgan fingerprint density at radius 3 is 2.45 bits per heavy atom. The van der Waals surface area contributed by atoms with Crippen molar-refractivity contribution < 1.29 is 23.4 Å². The van der Waals surface area contributed by atoms with E-state index < -0.39 is 23.0 Å². The Labute approximate surface area is 193 Å². The zero-order chi connectivity index (χ0) is 23.6. The molecule has 33 heavy (non-hydrogen) atoms. The standard InChI is InChI=1S/C26H32F2N2O3/c1-17(2)16-30(20-8-12-33-13-9-20)24-7-4-18(26(25(31)32)10-3-11-26)14-23(24)29-22-6-5-19(27)15-21(22)28/h4-7,14-15,17,20,29H,3,8-13,16H2,1-2H3,(H,31,32). The van der Waals surface area contributed by atoms with E-state index in [-0.39, 0.29) is 11.7 Å². The number of ether oxygens (including phenoxy) is 1. The molecule has 1 saturated carbocycles. The maximum atomic E-state index is 14.5. The molecule has 4 rings (SSSR count). The van der Waals surface area contributed by atoms with Crippen LogP contribution in [0.3, 0.4) is 0 Å². The lowest BCUT2D eigenvalue weighted by molar-refractivity contribution is -0.147. The van der Waals surface area contributed by atoms with E-state index in [1.165, 1.54) is 12.1 Å². The molecule has 2 N–H and O–H groups in total. The second-order valence-corrected chi connectivity index (χ2v) is 9.61. The van der Waals surface area contributed by atoms with Gasteiger partial charge in [-0.15, -0.1) is 0 Å².